The predicted molar refractivity (Wildman–Crippen MR) is 95.4 cm³/mol. The highest BCUT2D eigenvalue weighted by molar-refractivity contribution is 5.98. The molecule has 0 saturated carbocycles. The van der Waals surface area contributed by atoms with Crippen molar-refractivity contribution in [3.8, 4) is 11.5 Å². The van der Waals surface area contributed by atoms with E-state index in [0.29, 0.717) is 41.2 Å². The van der Waals surface area contributed by atoms with Gasteiger partial charge in [-0.1, -0.05) is 6.07 Å². The smallest absolute Gasteiger partial charge is 0.272 e. The van der Waals surface area contributed by atoms with Gasteiger partial charge in [0.15, 0.2) is 11.5 Å². The molecule has 0 N–H and O–H groups in total. The SMILES string of the molecule is O=C(Cc1ccc2c(c1)OCO2)N1CCCN1C(=O)c1ccc2nonc2c1. The van der Waals surface area contributed by atoms with Gasteiger partial charge in [-0.05, 0) is 52.6 Å². The van der Waals surface area contributed by atoms with E-state index >= 15 is 0 Å². The molecule has 1 aromatic heterocycles. The average molecular weight is 380 g/mol. The minimum Gasteiger partial charge on any atom is -0.454 e. The third kappa shape index (κ3) is 2.81. The predicted octanol–water partition coefficient (Wildman–Crippen LogP) is 1.78. The molecule has 1 fully saturated rings. The summed E-state index contributed by atoms with van der Waals surface area (Å²) >= 11 is 0. The highest BCUT2D eigenvalue weighted by atomic mass is 16.7. The standard InChI is InChI=1S/C19H16N4O5/c24-18(9-12-2-5-16-17(8-12)27-11-26-16)22-6-1-7-23(22)19(25)13-3-4-14-15(10-13)21-28-20-14/h2-5,8,10H,1,6-7,9,11H2. The molecule has 0 bridgehead atoms. The van der Waals surface area contributed by atoms with Crippen LogP contribution in [0.4, 0.5) is 0 Å². The van der Waals surface area contributed by atoms with Crippen LogP contribution in [0, 0.1) is 0 Å². The van der Waals surface area contributed by atoms with E-state index in [9.17, 15) is 9.59 Å². The molecular formula is C19H16N4O5. The van der Waals surface area contributed by atoms with E-state index in [0.717, 1.165) is 12.0 Å². The van der Waals surface area contributed by atoms with Gasteiger partial charge >= 0.3 is 0 Å². The third-order valence-electron chi connectivity index (χ3n) is 4.85. The molecule has 9 nitrogen and oxygen atoms in total. The van der Waals surface area contributed by atoms with Crippen molar-refractivity contribution in [3.63, 3.8) is 0 Å². The van der Waals surface area contributed by atoms with Crippen molar-refractivity contribution in [2.75, 3.05) is 19.9 Å². The zero-order valence-electron chi connectivity index (χ0n) is 14.8. The lowest BCUT2D eigenvalue weighted by molar-refractivity contribution is -0.139. The number of aromatic nitrogens is 2. The maximum Gasteiger partial charge on any atom is 0.272 e. The number of hydrogen-bond acceptors (Lipinski definition) is 7. The molecule has 2 amide bonds. The van der Waals surface area contributed by atoms with E-state index in [1.807, 2.05) is 6.07 Å². The number of hydrazine groups is 1. The van der Waals surface area contributed by atoms with Crippen molar-refractivity contribution in [1.82, 2.24) is 20.3 Å². The van der Waals surface area contributed by atoms with E-state index in [2.05, 4.69) is 14.9 Å². The lowest BCUT2D eigenvalue weighted by Gasteiger charge is -2.28. The molecule has 3 aromatic rings. The summed E-state index contributed by atoms with van der Waals surface area (Å²) in [6.07, 6.45) is 0.902. The number of benzene rings is 2. The Kier molecular flexibility index (Phi) is 3.85. The van der Waals surface area contributed by atoms with Crippen LogP contribution in [0.25, 0.3) is 11.0 Å². The van der Waals surface area contributed by atoms with Crippen molar-refractivity contribution in [2.45, 2.75) is 12.8 Å². The van der Waals surface area contributed by atoms with E-state index < -0.39 is 0 Å². The molecule has 0 atom stereocenters. The van der Waals surface area contributed by atoms with Crippen LogP contribution in [0.1, 0.15) is 22.3 Å². The highest BCUT2D eigenvalue weighted by Crippen LogP contribution is 2.32. The number of fused-ring (bicyclic) bond motifs is 2. The molecule has 9 heteroatoms. The first-order valence-corrected chi connectivity index (χ1v) is 8.92. The van der Waals surface area contributed by atoms with Crippen LogP contribution in [0.15, 0.2) is 41.0 Å². The van der Waals surface area contributed by atoms with Gasteiger partial charge in [0, 0.05) is 18.7 Å². The van der Waals surface area contributed by atoms with Crippen LogP contribution >= 0.6 is 0 Å². The first kappa shape index (κ1) is 16.5. The first-order valence-electron chi connectivity index (χ1n) is 8.92. The average Bonchev–Trinajstić information content (AvgIpc) is 3.45. The number of carbonyl (C=O) groups excluding carboxylic acids is 2. The van der Waals surface area contributed by atoms with Gasteiger partial charge in [0.1, 0.15) is 11.0 Å². The summed E-state index contributed by atoms with van der Waals surface area (Å²) in [6.45, 7) is 1.18. The number of hydrogen-bond donors (Lipinski definition) is 0. The number of carbonyl (C=O) groups is 2. The summed E-state index contributed by atoms with van der Waals surface area (Å²) in [4.78, 5) is 25.8. The van der Waals surface area contributed by atoms with Crippen molar-refractivity contribution in [3.05, 3.63) is 47.5 Å². The van der Waals surface area contributed by atoms with Crippen molar-refractivity contribution >= 4 is 22.8 Å². The molecule has 0 radical (unpaired) electrons. The monoisotopic (exact) mass is 380 g/mol. The molecule has 2 aliphatic heterocycles. The summed E-state index contributed by atoms with van der Waals surface area (Å²) in [5.74, 6) is 0.913. The van der Waals surface area contributed by atoms with Gasteiger partial charge < -0.3 is 9.47 Å². The zero-order valence-corrected chi connectivity index (χ0v) is 14.8. The first-order chi connectivity index (χ1) is 13.7. The maximum absolute atomic E-state index is 12.9. The van der Waals surface area contributed by atoms with Crippen molar-refractivity contribution < 1.29 is 23.7 Å². The molecule has 0 unspecified atom stereocenters. The fourth-order valence-electron chi connectivity index (χ4n) is 3.46. The molecule has 1 saturated heterocycles. The van der Waals surface area contributed by atoms with E-state index in [4.69, 9.17) is 9.47 Å². The minimum absolute atomic E-state index is 0.145. The van der Waals surface area contributed by atoms with E-state index in [1.165, 1.54) is 10.0 Å². The van der Waals surface area contributed by atoms with Crippen LogP contribution in [0.5, 0.6) is 11.5 Å². The molecule has 5 rings (SSSR count). The maximum atomic E-state index is 12.9. The Labute approximate surface area is 159 Å². The Bertz CT molecular complexity index is 1080. The molecule has 2 aliphatic rings. The number of ether oxygens (including phenoxy) is 2. The highest BCUT2D eigenvalue weighted by Gasteiger charge is 2.31. The largest absolute Gasteiger partial charge is 0.454 e. The lowest BCUT2D eigenvalue weighted by Crippen LogP contribution is -2.45. The molecular weight excluding hydrogens is 364 g/mol. The lowest BCUT2D eigenvalue weighted by atomic mass is 10.1. The molecule has 142 valence electrons. The van der Waals surface area contributed by atoms with Gasteiger partial charge in [0.05, 0.1) is 6.42 Å². The Hall–Kier alpha value is -3.62. The molecule has 0 spiro atoms. The molecule has 28 heavy (non-hydrogen) atoms. The second-order valence-corrected chi connectivity index (χ2v) is 6.63. The molecule has 0 aliphatic carbocycles. The summed E-state index contributed by atoms with van der Waals surface area (Å²) in [5, 5.41) is 10.5. The van der Waals surface area contributed by atoms with E-state index in [-0.39, 0.29) is 25.0 Å². The van der Waals surface area contributed by atoms with Crippen molar-refractivity contribution in [2.24, 2.45) is 0 Å². The van der Waals surface area contributed by atoms with Gasteiger partial charge in [-0.15, -0.1) is 0 Å². The Morgan fingerprint density at radius 3 is 2.68 bits per heavy atom. The Morgan fingerprint density at radius 2 is 1.75 bits per heavy atom. The zero-order chi connectivity index (χ0) is 19.1. The van der Waals surface area contributed by atoms with Crippen LogP contribution in [-0.2, 0) is 11.2 Å². The second kappa shape index (κ2) is 6.52. The topological polar surface area (TPSA) is 98.0 Å². The molecule has 3 heterocycles. The van der Waals surface area contributed by atoms with Gasteiger partial charge in [-0.3, -0.25) is 14.6 Å². The Morgan fingerprint density at radius 1 is 0.929 bits per heavy atom. The fourth-order valence-corrected chi connectivity index (χ4v) is 3.46. The van der Waals surface area contributed by atoms with Crippen molar-refractivity contribution in [1.29, 1.82) is 0 Å². The summed E-state index contributed by atoms with van der Waals surface area (Å²) in [7, 11) is 0. The van der Waals surface area contributed by atoms with Crippen LogP contribution in [0.2, 0.25) is 0 Å². The summed E-state index contributed by atoms with van der Waals surface area (Å²) < 4.78 is 15.3. The van der Waals surface area contributed by atoms with E-state index in [1.54, 1.807) is 30.3 Å². The summed E-state index contributed by atoms with van der Waals surface area (Å²) in [5.41, 5.74) is 2.33. The second-order valence-electron chi connectivity index (χ2n) is 6.63. The van der Waals surface area contributed by atoms with Crippen LogP contribution in [-0.4, -0.2) is 52.0 Å². The third-order valence-corrected chi connectivity index (χ3v) is 4.85. The van der Waals surface area contributed by atoms with Crippen LogP contribution < -0.4 is 9.47 Å². The van der Waals surface area contributed by atoms with Crippen LogP contribution in [0.3, 0.4) is 0 Å². The quantitative estimate of drug-likeness (QED) is 0.683. The Balaban J connectivity index is 1.34. The number of nitrogens with zero attached hydrogens (tertiary/aromatic N) is 4. The fraction of sp³-hybridized carbons (Fsp3) is 0.263. The van der Waals surface area contributed by atoms with Gasteiger partial charge in [-0.2, -0.15) is 0 Å². The van der Waals surface area contributed by atoms with Gasteiger partial charge in [0.2, 0.25) is 12.7 Å². The van der Waals surface area contributed by atoms with Gasteiger partial charge in [-0.25, -0.2) is 9.64 Å². The summed E-state index contributed by atoms with van der Waals surface area (Å²) in [6, 6.07) is 10.4. The number of rotatable bonds is 3. The normalized spacial score (nSPS) is 15.4. The number of amides is 2. The minimum atomic E-state index is -0.249. The molecule has 2 aromatic carbocycles. The van der Waals surface area contributed by atoms with Gasteiger partial charge in [0.25, 0.3) is 5.91 Å².